The number of carbonyl (C=O) groups excluding carboxylic acids is 2. The van der Waals surface area contributed by atoms with Crippen molar-refractivity contribution < 1.29 is 18.8 Å². The van der Waals surface area contributed by atoms with E-state index in [1.807, 2.05) is 0 Å². The fraction of sp³-hybridized carbons (Fsp3) is 0.882. The highest BCUT2D eigenvalue weighted by atomic mass is 35.5. The first-order chi connectivity index (χ1) is 11.0. The Bertz CT molecular complexity index is 442. The van der Waals surface area contributed by atoms with Crippen molar-refractivity contribution in [2.24, 2.45) is 5.92 Å². The first-order valence-corrected chi connectivity index (χ1v) is 12.0. The molecule has 24 heavy (non-hydrogen) atoms. The second kappa shape index (κ2) is 8.78. The van der Waals surface area contributed by atoms with E-state index in [1.54, 1.807) is 0 Å². The third-order valence-corrected chi connectivity index (χ3v) is 10.2. The number of ether oxygens (including phenoxy) is 1. The first kappa shape index (κ1) is 21.6. The molecule has 0 amide bonds. The molecule has 0 aromatic rings. The van der Waals surface area contributed by atoms with Crippen LogP contribution in [0.3, 0.4) is 0 Å². The summed E-state index contributed by atoms with van der Waals surface area (Å²) in [6, 6.07) is -0.277. The Hall–Kier alpha value is -0.433. The number of rotatable bonds is 7. The molecule has 0 aromatic heterocycles. The molecule has 1 heterocycles. The molecule has 0 radical (unpaired) electrons. The van der Waals surface area contributed by atoms with Crippen molar-refractivity contribution in [1.82, 2.24) is 5.32 Å². The molecule has 2 unspecified atom stereocenters. The number of methoxy groups -OCH3 is 1. The van der Waals surface area contributed by atoms with Crippen molar-refractivity contribution in [2.45, 2.75) is 69.6 Å². The van der Waals surface area contributed by atoms with Crippen LogP contribution in [-0.2, 0) is 18.8 Å². The van der Waals surface area contributed by atoms with Crippen LogP contribution in [0.5, 0.6) is 0 Å². The molecule has 1 rings (SSSR count). The Morgan fingerprint density at radius 1 is 1.29 bits per heavy atom. The molecular formula is C17H32ClNO4Si. The summed E-state index contributed by atoms with van der Waals surface area (Å²) in [6.45, 7) is 11.9. The molecule has 1 saturated heterocycles. The summed E-state index contributed by atoms with van der Waals surface area (Å²) in [6.07, 6.45) is 1.79. The molecule has 1 aliphatic rings. The van der Waals surface area contributed by atoms with Crippen molar-refractivity contribution in [3.8, 4) is 0 Å². The normalized spacial score (nSPS) is 23.6. The minimum Gasteiger partial charge on any atom is -0.469 e. The Kier molecular flexibility index (Phi) is 7.91. The molecular weight excluding hydrogens is 346 g/mol. The van der Waals surface area contributed by atoms with Crippen LogP contribution in [0.15, 0.2) is 0 Å². The number of nitrogens with one attached hydrogen (secondary N) is 1. The molecule has 3 atom stereocenters. The van der Waals surface area contributed by atoms with Gasteiger partial charge in [-0.15, -0.1) is 11.6 Å². The molecule has 1 N–H and O–H groups in total. The molecule has 0 spiro atoms. The van der Waals surface area contributed by atoms with Crippen LogP contribution in [0.4, 0.5) is 0 Å². The standard InChI is InChI=1S/C17H32ClNO4Si/c1-17(2,3)24(5,6)23-10-9-13(18)15(20)14-8-7-12(11-19-14)16(21)22-4/h12-14,19H,7-11H2,1-6H3/t12?,13-,14?/m1/s1. The van der Waals surface area contributed by atoms with E-state index in [0.29, 0.717) is 32.4 Å². The maximum atomic E-state index is 12.4. The minimum absolute atomic E-state index is 0.00110. The van der Waals surface area contributed by atoms with Crippen LogP contribution in [0.1, 0.15) is 40.0 Å². The van der Waals surface area contributed by atoms with Crippen molar-refractivity contribution in [3.05, 3.63) is 0 Å². The summed E-state index contributed by atoms with van der Waals surface area (Å²) in [5, 5.41) is 2.72. The number of Topliss-reactive ketones (excluding diaryl/α,β-unsaturated/α-hetero) is 1. The van der Waals surface area contributed by atoms with Crippen molar-refractivity contribution in [1.29, 1.82) is 0 Å². The van der Waals surface area contributed by atoms with Crippen LogP contribution >= 0.6 is 11.6 Å². The van der Waals surface area contributed by atoms with E-state index < -0.39 is 13.7 Å². The molecule has 140 valence electrons. The van der Waals surface area contributed by atoms with Crippen LogP contribution < -0.4 is 5.32 Å². The van der Waals surface area contributed by atoms with Gasteiger partial charge in [0.2, 0.25) is 0 Å². The highest BCUT2D eigenvalue weighted by molar-refractivity contribution is 6.74. The lowest BCUT2D eigenvalue weighted by Crippen LogP contribution is -2.48. The molecule has 0 aromatic carbocycles. The van der Waals surface area contributed by atoms with E-state index in [0.717, 1.165) is 0 Å². The maximum Gasteiger partial charge on any atom is 0.309 e. The zero-order valence-corrected chi connectivity index (χ0v) is 17.5. The minimum atomic E-state index is -1.81. The monoisotopic (exact) mass is 377 g/mol. The number of hydrogen-bond donors (Lipinski definition) is 1. The molecule has 7 heteroatoms. The number of piperidine rings is 1. The zero-order valence-electron chi connectivity index (χ0n) is 15.8. The number of carbonyl (C=O) groups is 2. The Balaban J connectivity index is 2.40. The van der Waals surface area contributed by atoms with E-state index in [-0.39, 0.29) is 28.8 Å². The Labute approximate surface area is 151 Å². The Morgan fingerprint density at radius 2 is 1.92 bits per heavy atom. The van der Waals surface area contributed by atoms with E-state index in [1.165, 1.54) is 7.11 Å². The van der Waals surface area contributed by atoms with Gasteiger partial charge in [-0.2, -0.15) is 0 Å². The van der Waals surface area contributed by atoms with E-state index in [2.05, 4.69) is 39.2 Å². The number of ketones is 1. The fourth-order valence-corrected chi connectivity index (χ4v) is 3.76. The Morgan fingerprint density at radius 3 is 2.38 bits per heavy atom. The molecule has 5 nitrogen and oxygen atoms in total. The van der Waals surface area contributed by atoms with Crippen LogP contribution in [0, 0.1) is 5.92 Å². The topological polar surface area (TPSA) is 64.6 Å². The van der Waals surface area contributed by atoms with Gasteiger partial charge in [-0.25, -0.2) is 0 Å². The average Bonchev–Trinajstić information content (AvgIpc) is 2.52. The molecule has 0 bridgehead atoms. The summed E-state index contributed by atoms with van der Waals surface area (Å²) < 4.78 is 10.8. The largest absolute Gasteiger partial charge is 0.469 e. The highest BCUT2D eigenvalue weighted by Gasteiger charge is 2.37. The van der Waals surface area contributed by atoms with Crippen molar-refractivity contribution >= 4 is 31.7 Å². The lowest BCUT2D eigenvalue weighted by atomic mass is 9.91. The summed E-state index contributed by atoms with van der Waals surface area (Å²) in [7, 11) is -0.423. The van der Waals surface area contributed by atoms with Gasteiger partial charge in [-0.1, -0.05) is 20.8 Å². The van der Waals surface area contributed by atoms with Gasteiger partial charge in [-0.3, -0.25) is 9.59 Å². The number of esters is 1. The van der Waals surface area contributed by atoms with Crippen molar-refractivity contribution in [3.63, 3.8) is 0 Å². The smallest absolute Gasteiger partial charge is 0.309 e. The number of halogens is 1. The second-order valence-electron chi connectivity index (χ2n) is 8.03. The molecule has 0 saturated carbocycles. The van der Waals surface area contributed by atoms with E-state index >= 15 is 0 Å². The lowest BCUT2D eigenvalue weighted by molar-refractivity contribution is -0.146. The maximum absolute atomic E-state index is 12.4. The third kappa shape index (κ3) is 5.83. The van der Waals surface area contributed by atoms with E-state index in [4.69, 9.17) is 20.8 Å². The van der Waals surface area contributed by atoms with Crippen LogP contribution in [-0.4, -0.2) is 51.8 Å². The fourth-order valence-electron chi connectivity index (χ4n) is 2.46. The first-order valence-electron chi connectivity index (χ1n) is 8.62. The number of alkyl halides is 1. The van der Waals surface area contributed by atoms with Gasteiger partial charge in [0, 0.05) is 13.2 Å². The van der Waals surface area contributed by atoms with Gasteiger partial charge < -0.3 is 14.5 Å². The van der Waals surface area contributed by atoms with Gasteiger partial charge in [0.15, 0.2) is 14.1 Å². The summed E-state index contributed by atoms with van der Waals surface area (Å²) in [5.41, 5.74) is 0. The summed E-state index contributed by atoms with van der Waals surface area (Å²) >= 11 is 6.29. The molecule has 1 fully saturated rings. The SMILES string of the molecule is COC(=O)C1CCC(C(=O)[C@H](Cl)CCO[Si](C)(C)C(C)(C)C)NC1. The third-order valence-electron chi connectivity index (χ3n) is 5.24. The van der Waals surface area contributed by atoms with Gasteiger partial charge in [0.25, 0.3) is 0 Å². The summed E-state index contributed by atoms with van der Waals surface area (Å²) in [5.74, 6) is -0.396. The van der Waals surface area contributed by atoms with E-state index in [9.17, 15) is 9.59 Å². The molecule has 0 aliphatic carbocycles. The van der Waals surface area contributed by atoms with Crippen molar-refractivity contribution in [2.75, 3.05) is 20.3 Å². The quantitative estimate of drug-likeness (QED) is 0.419. The number of hydrogen-bond acceptors (Lipinski definition) is 5. The van der Waals surface area contributed by atoms with Crippen LogP contribution in [0.25, 0.3) is 0 Å². The molecule has 1 aliphatic heterocycles. The van der Waals surface area contributed by atoms with Gasteiger partial charge >= 0.3 is 5.97 Å². The van der Waals surface area contributed by atoms with Gasteiger partial charge in [0.1, 0.15) is 0 Å². The van der Waals surface area contributed by atoms with Crippen LogP contribution in [0.2, 0.25) is 18.1 Å². The predicted molar refractivity (Wildman–Crippen MR) is 98.9 cm³/mol. The average molecular weight is 378 g/mol. The summed E-state index contributed by atoms with van der Waals surface area (Å²) in [4.78, 5) is 23.9. The zero-order chi connectivity index (χ0) is 18.5. The predicted octanol–water partition coefficient (Wildman–Crippen LogP) is 3.12. The second-order valence-corrected chi connectivity index (χ2v) is 13.4. The van der Waals surface area contributed by atoms with Gasteiger partial charge in [0.05, 0.1) is 24.4 Å². The lowest BCUT2D eigenvalue weighted by Gasteiger charge is -2.36. The highest BCUT2D eigenvalue weighted by Crippen LogP contribution is 2.36. The van der Waals surface area contributed by atoms with Gasteiger partial charge in [-0.05, 0) is 37.4 Å².